The summed E-state index contributed by atoms with van der Waals surface area (Å²) < 4.78 is 19.8. The number of nitrogens with one attached hydrogen (secondary N) is 2. The third-order valence-electron chi connectivity index (χ3n) is 4.62. The molecule has 0 spiro atoms. The summed E-state index contributed by atoms with van der Waals surface area (Å²) >= 11 is 0. The second-order valence-electron chi connectivity index (χ2n) is 8.12. The number of hydrogen-bond donors (Lipinski definition) is 2. The maximum atomic E-state index is 13.9. The summed E-state index contributed by atoms with van der Waals surface area (Å²) in [4.78, 5) is 8.71. The van der Waals surface area contributed by atoms with Crippen molar-refractivity contribution < 1.29 is 9.13 Å². The van der Waals surface area contributed by atoms with Crippen LogP contribution in [0.1, 0.15) is 25.0 Å². The van der Waals surface area contributed by atoms with Crippen molar-refractivity contribution in [3.63, 3.8) is 0 Å². The Hall–Kier alpha value is -0.970. The Morgan fingerprint density at radius 2 is 2.10 bits per heavy atom. The molecule has 1 heterocycles. The Kier molecular flexibility index (Phi) is 12.0. The molecular formula is C21H37FIN5O. The molecule has 6 nitrogen and oxygen atoms in total. The zero-order valence-electron chi connectivity index (χ0n) is 18.4. The lowest BCUT2D eigenvalue weighted by atomic mass is 10.1. The Morgan fingerprint density at radius 1 is 1.34 bits per heavy atom. The van der Waals surface area contributed by atoms with E-state index in [0.29, 0.717) is 31.1 Å². The molecule has 0 radical (unpaired) electrons. The molecule has 1 aliphatic rings. The zero-order chi connectivity index (χ0) is 20.5. The summed E-state index contributed by atoms with van der Waals surface area (Å²) in [5, 5.41) is 6.65. The largest absolute Gasteiger partial charge is 0.374 e. The quantitative estimate of drug-likeness (QED) is 0.313. The molecule has 0 aromatic heterocycles. The van der Waals surface area contributed by atoms with Crippen LogP contribution in [0.15, 0.2) is 23.2 Å². The molecule has 2 N–H and O–H groups in total. The smallest absolute Gasteiger partial charge is 0.191 e. The maximum Gasteiger partial charge on any atom is 0.191 e. The van der Waals surface area contributed by atoms with Gasteiger partial charge in [0.15, 0.2) is 5.96 Å². The predicted molar refractivity (Wildman–Crippen MR) is 128 cm³/mol. The molecule has 0 bridgehead atoms. The highest BCUT2D eigenvalue weighted by Gasteiger charge is 2.21. The fourth-order valence-electron chi connectivity index (χ4n) is 3.40. The van der Waals surface area contributed by atoms with Crippen LogP contribution >= 0.6 is 24.0 Å². The van der Waals surface area contributed by atoms with Crippen LogP contribution in [0, 0.1) is 11.7 Å². The second kappa shape index (κ2) is 13.4. The summed E-state index contributed by atoms with van der Waals surface area (Å²) in [5.41, 5.74) is 1.73. The third-order valence-corrected chi connectivity index (χ3v) is 4.62. The highest BCUT2D eigenvalue weighted by Crippen LogP contribution is 2.12. The summed E-state index contributed by atoms with van der Waals surface area (Å²) in [6, 6.07) is 5.25. The van der Waals surface area contributed by atoms with Crippen molar-refractivity contribution in [1.82, 2.24) is 20.4 Å². The molecule has 1 aliphatic heterocycles. The van der Waals surface area contributed by atoms with Crippen molar-refractivity contribution >= 4 is 29.9 Å². The average molecular weight is 521 g/mol. The van der Waals surface area contributed by atoms with Gasteiger partial charge in [0.25, 0.3) is 0 Å². The van der Waals surface area contributed by atoms with Gasteiger partial charge in [-0.3, -0.25) is 9.89 Å². The van der Waals surface area contributed by atoms with Crippen LogP contribution in [0.2, 0.25) is 0 Å². The maximum absolute atomic E-state index is 13.9. The van der Waals surface area contributed by atoms with Gasteiger partial charge < -0.3 is 20.3 Å². The molecule has 0 saturated carbocycles. The molecular weight excluding hydrogens is 484 g/mol. The number of guanidine groups is 1. The highest BCUT2D eigenvalue weighted by atomic mass is 127. The molecule has 1 saturated heterocycles. The van der Waals surface area contributed by atoms with Crippen molar-refractivity contribution in [3.05, 3.63) is 35.1 Å². The van der Waals surface area contributed by atoms with Crippen LogP contribution in [-0.2, 0) is 17.8 Å². The van der Waals surface area contributed by atoms with Gasteiger partial charge in [0.05, 0.1) is 12.7 Å². The first kappa shape index (κ1) is 26.1. The Balaban J connectivity index is 0.00000420. The van der Waals surface area contributed by atoms with Gasteiger partial charge in [-0.05, 0) is 37.7 Å². The van der Waals surface area contributed by atoms with Crippen molar-refractivity contribution in [2.45, 2.75) is 33.0 Å². The SMILES string of the molecule is CN=C(NCc1ccc(F)c(CN(C)C)c1)NCC1CN(CC(C)C)CCO1.I. The summed E-state index contributed by atoms with van der Waals surface area (Å²) in [7, 11) is 5.63. The van der Waals surface area contributed by atoms with E-state index in [1.54, 1.807) is 7.05 Å². The van der Waals surface area contributed by atoms with E-state index in [-0.39, 0.29) is 35.9 Å². The lowest BCUT2D eigenvalue weighted by Gasteiger charge is -2.34. The van der Waals surface area contributed by atoms with Gasteiger partial charge >= 0.3 is 0 Å². The van der Waals surface area contributed by atoms with Crippen LogP contribution in [0.3, 0.4) is 0 Å². The van der Waals surface area contributed by atoms with E-state index < -0.39 is 0 Å². The number of halogens is 2. The monoisotopic (exact) mass is 521 g/mol. The number of aliphatic imine (C=N–C) groups is 1. The van der Waals surface area contributed by atoms with Gasteiger partial charge in [-0.2, -0.15) is 0 Å². The minimum absolute atomic E-state index is 0. The third kappa shape index (κ3) is 9.59. The molecule has 1 aromatic rings. The van der Waals surface area contributed by atoms with Gasteiger partial charge in [-0.25, -0.2) is 4.39 Å². The minimum Gasteiger partial charge on any atom is -0.374 e. The second-order valence-corrected chi connectivity index (χ2v) is 8.12. The molecule has 0 amide bonds. The van der Waals surface area contributed by atoms with E-state index in [1.807, 2.05) is 31.1 Å². The standard InChI is InChI=1S/C21H36FN5O.HI/c1-16(2)13-27-8-9-28-19(15-27)12-25-21(23-3)24-11-17-6-7-20(22)18(10-17)14-26(4)5;/h6-7,10,16,19H,8-9,11-15H2,1-5H3,(H2,23,24,25);1H. The number of ether oxygens (including phenoxy) is 1. The molecule has 1 atom stereocenters. The van der Waals surface area contributed by atoms with Gasteiger partial charge in [0, 0.05) is 51.9 Å². The van der Waals surface area contributed by atoms with Crippen LogP contribution in [0.4, 0.5) is 4.39 Å². The number of nitrogens with zero attached hydrogens (tertiary/aromatic N) is 3. The van der Waals surface area contributed by atoms with Gasteiger partial charge in [0.2, 0.25) is 0 Å². The first-order valence-electron chi connectivity index (χ1n) is 10.1. The molecule has 1 aromatic carbocycles. The molecule has 8 heteroatoms. The van der Waals surface area contributed by atoms with E-state index in [0.717, 1.165) is 37.8 Å². The van der Waals surface area contributed by atoms with Crippen LogP contribution < -0.4 is 10.6 Å². The van der Waals surface area contributed by atoms with Gasteiger partial charge in [-0.1, -0.05) is 19.9 Å². The summed E-state index contributed by atoms with van der Waals surface area (Å²) in [5.74, 6) is 1.22. The molecule has 166 valence electrons. The van der Waals surface area contributed by atoms with Crippen LogP contribution in [-0.4, -0.2) is 75.8 Å². The molecule has 0 aliphatic carbocycles. The molecule has 1 unspecified atom stereocenters. The molecule has 29 heavy (non-hydrogen) atoms. The van der Waals surface area contributed by atoms with Crippen molar-refractivity contribution in [2.24, 2.45) is 10.9 Å². The Morgan fingerprint density at radius 3 is 2.76 bits per heavy atom. The van der Waals surface area contributed by atoms with Crippen LogP contribution in [0.5, 0.6) is 0 Å². The summed E-state index contributed by atoms with van der Waals surface area (Å²) in [6.45, 7) is 10.2. The van der Waals surface area contributed by atoms with E-state index in [2.05, 4.69) is 34.4 Å². The average Bonchev–Trinajstić information content (AvgIpc) is 2.63. The Bertz CT molecular complexity index is 641. The van der Waals surface area contributed by atoms with Crippen molar-refractivity contribution in [3.8, 4) is 0 Å². The van der Waals surface area contributed by atoms with E-state index in [4.69, 9.17) is 4.74 Å². The highest BCUT2D eigenvalue weighted by molar-refractivity contribution is 14.0. The van der Waals surface area contributed by atoms with Crippen molar-refractivity contribution in [1.29, 1.82) is 0 Å². The van der Waals surface area contributed by atoms with E-state index >= 15 is 0 Å². The number of benzene rings is 1. The van der Waals surface area contributed by atoms with Crippen LogP contribution in [0.25, 0.3) is 0 Å². The lowest BCUT2D eigenvalue weighted by Crippen LogP contribution is -2.50. The first-order chi connectivity index (χ1) is 13.4. The van der Waals surface area contributed by atoms with E-state index in [9.17, 15) is 4.39 Å². The normalized spacial score (nSPS) is 18.1. The van der Waals surface area contributed by atoms with Gasteiger partial charge in [-0.15, -0.1) is 24.0 Å². The van der Waals surface area contributed by atoms with E-state index in [1.165, 1.54) is 6.07 Å². The fraction of sp³-hybridized carbons (Fsp3) is 0.667. The zero-order valence-corrected chi connectivity index (χ0v) is 20.7. The Labute approximate surface area is 192 Å². The topological polar surface area (TPSA) is 52.1 Å². The lowest BCUT2D eigenvalue weighted by molar-refractivity contribution is -0.0284. The predicted octanol–water partition coefficient (Wildman–Crippen LogP) is 2.53. The first-order valence-corrected chi connectivity index (χ1v) is 10.1. The molecule has 1 fully saturated rings. The summed E-state index contributed by atoms with van der Waals surface area (Å²) in [6.07, 6.45) is 0.156. The number of hydrogen-bond acceptors (Lipinski definition) is 4. The fourth-order valence-corrected chi connectivity index (χ4v) is 3.40. The number of rotatable bonds is 8. The number of morpholine rings is 1. The molecule has 2 rings (SSSR count). The minimum atomic E-state index is -0.166. The van der Waals surface area contributed by atoms with Gasteiger partial charge in [0.1, 0.15) is 5.82 Å². The van der Waals surface area contributed by atoms with Crippen molar-refractivity contribution in [2.75, 3.05) is 53.9 Å².